The molecule has 0 unspecified atom stereocenters. The van der Waals surface area contributed by atoms with Gasteiger partial charge in [-0.15, -0.1) is 0 Å². The van der Waals surface area contributed by atoms with Crippen LogP contribution in [0.15, 0.2) is 34.9 Å². The van der Waals surface area contributed by atoms with Gasteiger partial charge in [-0.3, -0.25) is 10.1 Å². The molecule has 0 aliphatic heterocycles. The third kappa shape index (κ3) is 3.34. The molecule has 2 aromatic rings. The second-order valence-corrected chi connectivity index (χ2v) is 5.04. The number of aromatic carboxylic acids is 1. The number of aromatic nitrogens is 1. The zero-order valence-corrected chi connectivity index (χ0v) is 12.3. The fourth-order valence-electron chi connectivity index (χ4n) is 1.61. The summed E-state index contributed by atoms with van der Waals surface area (Å²) in [7, 11) is 0. The first-order chi connectivity index (χ1) is 9.88. The van der Waals surface area contributed by atoms with Crippen LogP contribution in [0.5, 0.6) is 11.6 Å². The number of carbonyl (C=O) groups is 1. The van der Waals surface area contributed by atoms with E-state index in [-0.39, 0.29) is 22.9 Å². The van der Waals surface area contributed by atoms with Gasteiger partial charge in [-0.1, -0.05) is 15.9 Å². The van der Waals surface area contributed by atoms with Crippen molar-refractivity contribution in [3.8, 4) is 11.6 Å². The van der Waals surface area contributed by atoms with Gasteiger partial charge in [0.1, 0.15) is 0 Å². The zero-order valence-electron chi connectivity index (χ0n) is 10.7. The molecular weight excluding hydrogens is 344 g/mol. The maximum Gasteiger partial charge on any atom is 0.337 e. The Hall–Kier alpha value is -2.48. The number of halogens is 1. The van der Waals surface area contributed by atoms with E-state index < -0.39 is 10.9 Å². The number of nitro groups is 1. The van der Waals surface area contributed by atoms with Crippen molar-refractivity contribution in [1.29, 1.82) is 0 Å². The summed E-state index contributed by atoms with van der Waals surface area (Å²) in [5, 5.41) is 19.9. The number of nitro benzene ring substituents is 1. The highest BCUT2D eigenvalue weighted by molar-refractivity contribution is 9.10. The van der Waals surface area contributed by atoms with Crippen molar-refractivity contribution in [1.82, 2.24) is 4.98 Å². The Morgan fingerprint density at radius 1 is 1.43 bits per heavy atom. The second kappa shape index (κ2) is 5.88. The number of pyridine rings is 1. The molecular formula is C13H9BrN2O5. The quantitative estimate of drug-likeness (QED) is 0.666. The van der Waals surface area contributed by atoms with E-state index in [4.69, 9.17) is 9.84 Å². The van der Waals surface area contributed by atoms with Gasteiger partial charge in [0, 0.05) is 22.3 Å². The van der Waals surface area contributed by atoms with Gasteiger partial charge in [0.25, 0.3) is 0 Å². The highest BCUT2D eigenvalue weighted by Crippen LogP contribution is 2.34. The van der Waals surface area contributed by atoms with Crippen molar-refractivity contribution in [3.05, 3.63) is 56.2 Å². The number of hydrogen-bond acceptors (Lipinski definition) is 5. The second-order valence-electron chi connectivity index (χ2n) is 4.12. The van der Waals surface area contributed by atoms with Crippen molar-refractivity contribution >= 4 is 27.6 Å². The van der Waals surface area contributed by atoms with Gasteiger partial charge >= 0.3 is 11.7 Å². The smallest absolute Gasteiger partial charge is 0.337 e. The average Bonchev–Trinajstić information content (AvgIpc) is 2.42. The van der Waals surface area contributed by atoms with E-state index >= 15 is 0 Å². The molecule has 0 fully saturated rings. The number of aryl methyl sites for hydroxylation is 1. The van der Waals surface area contributed by atoms with Gasteiger partial charge in [0.15, 0.2) is 0 Å². The molecule has 0 spiro atoms. The molecule has 1 heterocycles. The van der Waals surface area contributed by atoms with Crippen molar-refractivity contribution in [2.75, 3.05) is 0 Å². The maximum absolute atomic E-state index is 11.0. The fraction of sp³-hybridized carbons (Fsp3) is 0.0769. The molecule has 0 aliphatic rings. The Bertz CT molecular complexity index is 732. The zero-order chi connectivity index (χ0) is 15.6. The third-order valence-electron chi connectivity index (χ3n) is 2.60. The summed E-state index contributed by atoms with van der Waals surface area (Å²) in [6.45, 7) is 1.61. The molecule has 0 saturated carbocycles. The van der Waals surface area contributed by atoms with Gasteiger partial charge in [-0.05, 0) is 25.1 Å². The fourth-order valence-corrected chi connectivity index (χ4v) is 1.96. The molecule has 0 bridgehead atoms. The number of nitrogens with zero attached hydrogens (tertiary/aromatic N) is 2. The van der Waals surface area contributed by atoms with Crippen LogP contribution in [0.2, 0.25) is 0 Å². The molecule has 0 amide bonds. The van der Waals surface area contributed by atoms with Crippen molar-refractivity contribution in [2.45, 2.75) is 6.92 Å². The Kier molecular flexibility index (Phi) is 4.18. The van der Waals surface area contributed by atoms with E-state index in [1.54, 1.807) is 13.0 Å². The lowest BCUT2D eigenvalue weighted by atomic mass is 10.2. The monoisotopic (exact) mass is 352 g/mol. The van der Waals surface area contributed by atoms with E-state index in [1.165, 1.54) is 18.2 Å². The summed E-state index contributed by atoms with van der Waals surface area (Å²) in [6, 6.07) is 5.74. The predicted molar refractivity (Wildman–Crippen MR) is 76.8 cm³/mol. The summed E-state index contributed by atoms with van der Waals surface area (Å²) in [6.07, 6.45) is 1.13. The van der Waals surface area contributed by atoms with Crippen LogP contribution in [-0.4, -0.2) is 21.0 Å². The van der Waals surface area contributed by atoms with Gasteiger partial charge in [-0.2, -0.15) is 0 Å². The van der Waals surface area contributed by atoms with Crippen LogP contribution in [0.3, 0.4) is 0 Å². The topological polar surface area (TPSA) is 103 Å². The van der Waals surface area contributed by atoms with E-state index in [0.717, 1.165) is 6.20 Å². The van der Waals surface area contributed by atoms with E-state index in [2.05, 4.69) is 20.9 Å². The lowest BCUT2D eigenvalue weighted by Crippen LogP contribution is -2.01. The molecule has 0 saturated heterocycles. The van der Waals surface area contributed by atoms with Crippen LogP contribution in [0.4, 0.5) is 5.69 Å². The average molecular weight is 353 g/mol. The van der Waals surface area contributed by atoms with Gasteiger partial charge < -0.3 is 9.84 Å². The van der Waals surface area contributed by atoms with Crippen LogP contribution < -0.4 is 4.74 Å². The molecule has 108 valence electrons. The predicted octanol–water partition coefficient (Wildman–Crippen LogP) is 3.55. The summed E-state index contributed by atoms with van der Waals surface area (Å²) < 4.78 is 5.97. The minimum Gasteiger partial charge on any atom is -0.478 e. The van der Waals surface area contributed by atoms with Gasteiger partial charge in [0.05, 0.1) is 10.5 Å². The molecule has 1 aromatic heterocycles. The highest BCUT2D eigenvalue weighted by atomic mass is 79.9. The molecule has 0 aliphatic carbocycles. The summed E-state index contributed by atoms with van der Waals surface area (Å²) in [5.74, 6) is -0.959. The van der Waals surface area contributed by atoms with E-state index in [1.807, 2.05) is 0 Å². The van der Waals surface area contributed by atoms with Crippen LogP contribution >= 0.6 is 15.9 Å². The molecule has 7 nitrogen and oxygen atoms in total. The number of hydrogen-bond donors (Lipinski definition) is 1. The van der Waals surface area contributed by atoms with Crippen molar-refractivity contribution in [3.63, 3.8) is 0 Å². The van der Waals surface area contributed by atoms with E-state index in [0.29, 0.717) is 10.0 Å². The number of carboxylic acid groups (broad SMARTS) is 1. The summed E-state index contributed by atoms with van der Waals surface area (Å²) in [4.78, 5) is 25.1. The normalized spacial score (nSPS) is 10.2. The molecule has 8 heteroatoms. The maximum atomic E-state index is 11.0. The lowest BCUT2D eigenvalue weighted by Gasteiger charge is -2.08. The number of rotatable bonds is 4. The Labute approximate surface area is 127 Å². The molecule has 2 rings (SSSR count). The Morgan fingerprint density at radius 3 is 2.71 bits per heavy atom. The van der Waals surface area contributed by atoms with Gasteiger partial charge in [-0.25, -0.2) is 9.78 Å². The van der Waals surface area contributed by atoms with Gasteiger partial charge in [0.2, 0.25) is 11.6 Å². The number of carboxylic acids is 1. The Morgan fingerprint density at radius 2 is 2.14 bits per heavy atom. The molecule has 21 heavy (non-hydrogen) atoms. The molecule has 1 N–H and O–H groups in total. The number of benzene rings is 1. The highest BCUT2D eigenvalue weighted by Gasteiger charge is 2.18. The molecule has 0 atom stereocenters. The first-order valence-electron chi connectivity index (χ1n) is 5.70. The first kappa shape index (κ1) is 14.9. The van der Waals surface area contributed by atoms with Crippen molar-refractivity contribution in [2.24, 2.45) is 0 Å². The lowest BCUT2D eigenvalue weighted by molar-refractivity contribution is -0.385. The largest absolute Gasteiger partial charge is 0.478 e. The van der Waals surface area contributed by atoms with Crippen LogP contribution in [0.25, 0.3) is 0 Å². The minimum atomic E-state index is -1.10. The van der Waals surface area contributed by atoms with Crippen LogP contribution in [0, 0.1) is 17.0 Å². The molecule has 1 aromatic carbocycles. The summed E-state index contributed by atoms with van der Waals surface area (Å²) in [5.41, 5.74) is 0.269. The minimum absolute atomic E-state index is 0.0187. The first-order valence-corrected chi connectivity index (χ1v) is 6.49. The van der Waals surface area contributed by atoms with E-state index in [9.17, 15) is 14.9 Å². The standard InChI is InChI=1S/C13H9BrN2O5/c1-7-4-8(13(17)18)6-15-12(7)21-11-3-2-9(14)5-10(11)16(19)20/h2-6H,1H3,(H,17,18). The van der Waals surface area contributed by atoms with Crippen molar-refractivity contribution < 1.29 is 19.6 Å². The van der Waals surface area contributed by atoms with Crippen LogP contribution in [-0.2, 0) is 0 Å². The molecule has 0 radical (unpaired) electrons. The summed E-state index contributed by atoms with van der Waals surface area (Å²) >= 11 is 3.15. The van der Waals surface area contributed by atoms with Crippen LogP contribution in [0.1, 0.15) is 15.9 Å². The third-order valence-corrected chi connectivity index (χ3v) is 3.09. The Balaban J connectivity index is 2.39. The number of ether oxygens (including phenoxy) is 1. The SMILES string of the molecule is Cc1cc(C(=O)O)cnc1Oc1ccc(Br)cc1[N+](=O)[O-].